The zero-order valence-electron chi connectivity index (χ0n) is 20.7. The first-order chi connectivity index (χ1) is 17.3. The molecule has 3 aromatic carbocycles. The number of imide groups is 1. The third-order valence-electron chi connectivity index (χ3n) is 7.10. The van der Waals surface area contributed by atoms with E-state index in [2.05, 4.69) is 17.1 Å². The maximum absolute atomic E-state index is 13.4. The standard InChI is InChI=1S/C28H30N4O4/c1-4-31-17-22(36-24-12-8-7-11-23(24)31)16-30(3)25(33)18-32-26(34)28(2,29-27(32)35)21-14-13-19-9-5-6-10-20(19)15-21/h5-15,22H,4,16-18H2,1-3H3,(H,29,35). The molecule has 3 aromatic rings. The van der Waals surface area contributed by atoms with E-state index in [1.54, 1.807) is 14.0 Å². The molecule has 8 heteroatoms. The Kier molecular flexibility index (Phi) is 6.04. The summed E-state index contributed by atoms with van der Waals surface area (Å²) in [5.74, 6) is 0.0213. The number of carbonyl (C=O) groups excluding carboxylic acids is 3. The Balaban J connectivity index is 1.27. The molecule has 186 valence electrons. The first-order valence-corrected chi connectivity index (χ1v) is 12.2. The first-order valence-electron chi connectivity index (χ1n) is 12.2. The minimum absolute atomic E-state index is 0.222. The number of rotatable bonds is 6. The third-order valence-corrected chi connectivity index (χ3v) is 7.10. The van der Waals surface area contributed by atoms with Crippen LogP contribution in [0.2, 0.25) is 0 Å². The van der Waals surface area contributed by atoms with Crippen LogP contribution in [0.15, 0.2) is 66.7 Å². The van der Waals surface area contributed by atoms with Gasteiger partial charge in [0.15, 0.2) is 0 Å². The van der Waals surface area contributed by atoms with Gasteiger partial charge in [0, 0.05) is 13.6 Å². The van der Waals surface area contributed by atoms with Gasteiger partial charge in [-0.1, -0.05) is 48.5 Å². The van der Waals surface area contributed by atoms with E-state index in [1.165, 1.54) is 4.90 Å². The van der Waals surface area contributed by atoms with E-state index in [-0.39, 0.29) is 18.6 Å². The van der Waals surface area contributed by atoms with Gasteiger partial charge >= 0.3 is 6.03 Å². The van der Waals surface area contributed by atoms with Crippen LogP contribution < -0.4 is 15.0 Å². The highest BCUT2D eigenvalue weighted by Gasteiger charge is 2.49. The highest BCUT2D eigenvalue weighted by atomic mass is 16.5. The summed E-state index contributed by atoms with van der Waals surface area (Å²) in [6.07, 6.45) is -0.222. The SMILES string of the molecule is CCN1CC(CN(C)C(=O)CN2C(=O)NC(C)(c3ccc4ccccc4c3)C2=O)Oc2ccccc21. The number of nitrogens with one attached hydrogen (secondary N) is 1. The summed E-state index contributed by atoms with van der Waals surface area (Å²) in [4.78, 5) is 44.0. The molecule has 1 fully saturated rings. The molecule has 2 atom stereocenters. The molecule has 0 spiro atoms. The van der Waals surface area contributed by atoms with Gasteiger partial charge < -0.3 is 19.9 Å². The summed E-state index contributed by atoms with van der Waals surface area (Å²) < 4.78 is 6.13. The van der Waals surface area contributed by atoms with Crippen molar-refractivity contribution in [2.45, 2.75) is 25.5 Å². The minimum Gasteiger partial charge on any atom is -0.485 e. The highest BCUT2D eigenvalue weighted by molar-refractivity contribution is 6.09. The summed E-state index contributed by atoms with van der Waals surface area (Å²) in [5, 5.41) is 4.82. The Morgan fingerprint density at radius 3 is 2.58 bits per heavy atom. The van der Waals surface area contributed by atoms with Gasteiger partial charge in [0.1, 0.15) is 23.9 Å². The molecule has 0 saturated carbocycles. The molecule has 0 bridgehead atoms. The lowest BCUT2D eigenvalue weighted by Gasteiger charge is -2.37. The molecular weight excluding hydrogens is 456 g/mol. The summed E-state index contributed by atoms with van der Waals surface area (Å²) in [7, 11) is 1.67. The van der Waals surface area contributed by atoms with E-state index in [4.69, 9.17) is 4.74 Å². The number of fused-ring (bicyclic) bond motifs is 2. The molecule has 36 heavy (non-hydrogen) atoms. The average molecular weight is 487 g/mol. The fraction of sp³-hybridized carbons (Fsp3) is 0.321. The predicted molar refractivity (Wildman–Crippen MR) is 138 cm³/mol. The second-order valence-electron chi connectivity index (χ2n) is 9.53. The Labute approximate surface area is 210 Å². The second-order valence-corrected chi connectivity index (χ2v) is 9.53. The summed E-state index contributed by atoms with van der Waals surface area (Å²) in [6, 6.07) is 20.8. The highest BCUT2D eigenvalue weighted by Crippen LogP contribution is 2.33. The lowest BCUT2D eigenvalue weighted by molar-refractivity contribution is -0.138. The second kappa shape index (κ2) is 9.18. The van der Waals surface area contributed by atoms with E-state index < -0.39 is 17.5 Å². The number of hydrogen-bond acceptors (Lipinski definition) is 5. The number of anilines is 1. The number of amides is 4. The van der Waals surface area contributed by atoms with Crippen molar-refractivity contribution in [3.05, 3.63) is 72.3 Å². The molecule has 2 aliphatic heterocycles. The van der Waals surface area contributed by atoms with E-state index in [9.17, 15) is 14.4 Å². The molecular formula is C28H30N4O4. The van der Waals surface area contributed by atoms with Crippen molar-refractivity contribution in [3.8, 4) is 5.75 Å². The number of hydrogen-bond donors (Lipinski definition) is 1. The molecule has 2 unspecified atom stereocenters. The van der Waals surface area contributed by atoms with Crippen LogP contribution in [0.25, 0.3) is 10.8 Å². The Hall–Kier alpha value is -4.07. The molecule has 0 aliphatic carbocycles. The van der Waals surface area contributed by atoms with E-state index >= 15 is 0 Å². The van der Waals surface area contributed by atoms with Gasteiger partial charge in [-0.05, 0) is 48.4 Å². The maximum atomic E-state index is 13.4. The predicted octanol–water partition coefficient (Wildman–Crippen LogP) is 3.35. The van der Waals surface area contributed by atoms with Crippen molar-refractivity contribution in [3.63, 3.8) is 0 Å². The van der Waals surface area contributed by atoms with E-state index in [1.807, 2.05) is 66.7 Å². The number of urea groups is 1. The van der Waals surface area contributed by atoms with Crippen LogP contribution in [0.4, 0.5) is 10.5 Å². The molecule has 0 radical (unpaired) electrons. The number of nitrogens with zero attached hydrogens (tertiary/aromatic N) is 3. The number of ether oxygens (including phenoxy) is 1. The molecule has 0 aromatic heterocycles. The molecule has 1 N–H and O–H groups in total. The van der Waals surface area contributed by atoms with Gasteiger partial charge in [0.05, 0.1) is 18.8 Å². The average Bonchev–Trinajstić information content (AvgIpc) is 3.11. The first kappa shape index (κ1) is 23.7. The maximum Gasteiger partial charge on any atom is 0.325 e. The van der Waals surface area contributed by atoms with Crippen LogP contribution in [-0.2, 0) is 15.1 Å². The van der Waals surface area contributed by atoms with Crippen LogP contribution in [0, 0.1) is 0 Å². The fourth-order valence-electron chi connectivity index (χ4n) is 4.97. The van der Waals surface area contributed by atoms with Gasteiger partial charge in [-0.15, -0.1) is 0 Å². The normalized spacial score (nSPS) is 21.2. The number of para-hydroxylation sites is 2. The Morgan fingerprint density at radius 2 is 1.81 bits per heavy atom. The summed E-state index contributed by atoms with van der Waals surface area (Å²) >= 11 is 0. The van der Waals surface area contributed by atoms with Gasteiger partial charge in [0.2, 0.25) is 5.91 Å². The van der Waals surface area contributed by atoms with Crippen molar-refractivity contribution in [1.29, 1.82) is 0 Å². The van der Waals surface area contributed by atoms with Gasteiger partial charge in [0.25, 0.3) is 5.91 Å². The van der Waals surface area contributed by atoms with Crippen LogP contribution in [-0.4, -0.2) is 67.0 Å². The zero-order valence-corrected chi connectivity index (χ0v) is 20.7. The van der Waals surface area contributed by atoms with Crippen molar-refractivity contribution < 1.29 is 19.1 Å². The molecule has 5 rings (SSSR count). The van der Waals surface area contributed by atoms with Crippen LogP contribution in [0.5, 0.6) is 5.75 Å². The molecule has 2 heterocycles. The topological polar surface area (TPSA) is 82.2 Å². The van der Waals surface area contributed by atoms with Crippen LogP contribution >= 0.6 is 0 Å². The van der Waals surface area contributed by atoms with Crippen molar-refractivity contribution in [2.24, 2.45) is 0 Å². The van der Waals surface area contributed by atoms with Gasteiger partial charge in [-0.2, -0.15) is 0 Å². The smallest absolute Gasteiger partial charge is 0.325 e. The molecule has 4 amide bonds. The lowest BCUT2D eigenvalue weighted by Crippen LogP contribution is -2.49. The minimum atomic E-state index is -1.24. The summed E-state index contributed by atoms with van der Waals surface area (Å²) in [6.45, 7) is 5.25. The quantitative estimate of drug-likeness (QED) is 0.541. The molecule has 8 nitrogen and oxygen atoms in total. The molecule has 2 aliphatic rings. The van der Waals surface area contributed by atoms with Crippen LogP contribution in [0.1, 0.15) is 19.4 Å². The van der Waals surface area contributed by atoms with Gasteiger partial charge in [-0.25, -0.2) is 4.79 Å². The van der Waals surface area contributed by atoms with E-state index in [0.717, 1.165) is 33.7 Å². The van der Waals surface area contributed by atoms with E-state index in [0.29, 0.717) is 18.7 Å². The van der Waals surface area contributed by atoms with Crippen LogP contribution in [0.3, 0.4) is 0 Å². The van der Waals surface area contributed by atoms with Crippen molar-refractivity contribution >= 4 is 34.3 Å². The van der Waals surface area contributed by atoms with Crippen molar-refractivity contribution in [1.82, 2.24) is 15.1 Å². The monoisotopic (exact) mass is 486 g/mol. The third kappa shape index (κ3) is 4.12. The fourth-order valence-corrected chi connectivity index (χ4v) is 4.97. The largest absolute Gasteiger partial charge is 0.485 e. The Morgan fingerprint density at radius 1 is 1.08 bits per heavy atom. The Bertz CT molecular complexity index is 1340. The number of likely N-dealkylation sites (N-methyl/N-ethyl adjacent to an activating group) is 2. The summed E-state index contributed by atoms with van der Waals surface area (Å²) in [5.41, 5.74) is 0.479. The van der Waals surface area contributed by atoms with Crippen molar-refractivity contribution in [2.75, 3.05) is 38.1 Å². The lowest BCUT2D eigenvalue weighted by atomic mass is 9.90. The molecule has 1 saturated heterocycles. The zero-order chi connectivity index (χ0) is 25.4. The van der Waals surface area contributed by atoms with Gasteiger partial charge in [-0.3, -0.25) is 14.5 Å². The number of benzene rings is 3. The number of carbonyl (C=O) groups is 3.